The van der Waals surface area contributed by atoms with Crippen LogP contribution in [0.4, 0.5) is 4.79 Å². The van der Waals surface area contributed by atoms with Crippen molar-refractivity contribution < 1.29 is 23.6 Å². The average molecular weight is 670 g/mol. The molecule has 2 heterocycles. The zero-order valence-corrected chi connectivity index (χ0v) is 30.2. The van der Waals surface area contributed by atoms with Gasteiger partial charge in [0.25, 0.3) is 8.32 Å². The molecule has 1 saturated heterocycles. The summed E-state index contributed by atoms with van der Waals surface area (Å²) in [4.78, 5) is 14.9. The molecule has 6 rings (SSSR count). The van der Waals surface area contributed by atoms with Gasteiger partial charge in [0.05, 0.1) is 17.9 Å². The number of aryl methyl sites for hydroxylation is 1. The topological polar surface area (TPSA) is 88.3 Å². The van der Waals surface area contributed by atoms with Crippen molar-refractivity contribution in [3.05, 3.63) is 84.1 Å². The first-order chi connectivity index (χ1) is 23.1. The lowest BCUT2D eigenvalue weighted by Gasteiger charge is -2.43. The molecule has 1 saturated carbocycles. The highest BCUT2D eigenvalue weighted by atomic mass is 28.4. The highest BCUT2D eigenvalue weighted by Gasteiger charge is 2.51. The van der Waals surface area contributed by atoms with Gasteiger partial charge in [-0.2, -0.15) is 0 Å². The number of fused-ring (bicyclic) bond motifs is 1. The molecule has 0 spiro atoms. The Morgan fingerprint density at radius 2 is 1.58 bits per heavy atom. The van der Waals surface area contributed by atoms with Crippen molar-refractivity contribution in [3.8, 4) is 5.75 Å². The van der Waals surface area contributed by atoms with Crippen LogP contribution in [0.1, 0.15) is 57.7 Å². The molecule has 2 atom stereocenters. The van der Waals surface area contributed by atoms with Gasteiger partial charge < -0.3 is 28.6 Å². The molecule has 2 fully saturated rings. The van der Waals surface area contributed by atoms with E-state index in [9.17, 15) is 9.90 Å². The lowest BCUT2D eigenvalue weighted by Crippen LogP contribution is -2.66. The molecule has 4 aromatic rings. The van der Waals surface area contributed by atoms with Crippen LogP contribution >= 0.6 is 0 Å². The molecule has 1 aliphatic heterocycles. The van der Waals surface area contributed by atoms with Gasteiger partial charge in [0, 0.05) is 31.6 Å². The first kappa shape index (κ1) is 34.2. The predicted octanol–water partition coefficient (Wildman–Crippen LogP) is 6.80. The molecule has 1 aromatic heterocycles. The zero-order chi connectivity index (χ0) is 33.9. The number of benzene rings is 3. The van der Waals surface area contributed by atoms with Crippen LogP contribution < -0.4 is 15.1 Å². The number of nitrogens with zero attached hydrogens (tertiary/aromatic N) is 3. The molecular weight excluding hydrogens is 619 g/mol. The van der Waals surface area contributed by atoms with E-state index in [0.29, 0.717) is 44.0 Å². The molecule has 1 N–H and O–H groups in total. The SMILES string of the molecule is CN(C)Cc1c(OCC2CC2CO[Si](c2ccccc2)(c2ccccc2)C(C)(C)C)ccc2c(CCC3CCN(C(=O)O)CC3)noc12. The van der Waals surface area contributed by atoms with Crippen molar-refractivity contribution in [3.63, 3.8) is 0 Å². The highest BCUT2D eigenvalue weighted by Crippen LogP contribution is 2.43. The van der Waals surface area contributed by atoms with E-state index in [1.165, 1.54) is 15.3 Å². The third-order valence-corrected chi connectivity index (χ3v) is 15.4. The molecular formula is C39H51N3O5Si. The maximum atomic E-state index is 11.3. The second-order valence-corrected chi connectivity index (χ2v) is 19.4. The van der Waals surface area contributed by atoms with Gasteiger partial charge in [0.15, 0.2) is 5.58 Å². The lowest BCUT2D eigenvalue weighted by atomic mass is 9.91. The number of amides is 1. The molecule has 0 radical (unpaired) electrons. The minimum absolute atomic E-state index is 0.0407. The van der Waals surface area contributed by atoms with Crippen LogP contribution in [-0.2, 0) is 17.4 Å². The van der Waals surface area contributed by atoms with Crippen LogP contribution in [0.3, 0.4) is 0 Å². The van der Waals surface area contributed by atoms with Crippen LogP contribution in [0.2, 0.25) is 5.04 Å². The lowest BCUT2D eigenvalue weighted by molar-refractivity contribution is 0.123. The summed E-state index contributed by atoms with van der Waals surface area (Å²) in [6.07, 6.45) is 3.88. The summed E-state index contributed by atoms with van der Waals surface area (Å²) in [5.74, 6) is 2.28. The Kier molecular flexibility index (Phi) is 10.3. The number of aromatic nitrogens is 1. The van der Waals surface area contributed by atoms with E-state index in [-0.39, 0.29) is 5.04 Å². The number of likely N-dealkylation sites (tertiary alicyclic amines) is 1. The fraction of sp³-hybridized carbons (Fsp3) is 0.487. The van der Waals surface area contributed by atoms with Gasteiger partial charge in [-0.05, 0) is 91.5 Å². The highest BCUT2D eigenvalue weighted by molar-refractivity contribution is 6.99. The minimum atomic E-state index is -2.56. The second-order valence-electron chi connectivity index (χ2n) is 15.1. The molecule has 9 heteroatoms. The maximum Gasteiger partial charge on any atom is 0.407 e. The Morgan fingerprint density at radius 1 is 0.958 bits per heavy atom. The number of piperidine rings is 1. The summed E-state index contributed by atoms with van der Waals surface area (Å²) in [6.45, 7) is 10.3. The van der Waals surface area contributed by atoms with Gasteiger partial charge in [-0.15, -0.1) is 0 Å². The molecule has 0 bridgehead atoms. The van der Waals surface area contributed by atoms with E-state index < -0.39 is 14.4 Å². The third kappa shape index (κ3) is 7.33. The number of carbonyl (C=O) groups is 1. The van der Waals surface area contributed by atoms with Gasteiger partial charge in [-0.1, -0.05) is 86.6 Å². The molecule has 256 valence electrons. The third-order valence-electron chi connectivity index (χ3n) is 10.4. The largest absolute Gasteiger partial charge is 0.493 e. The Labute approximate surface area is 286 Å². The van der Waals surface area contributed by atoms with Crippen molar-refractivity contribution >= 4 is 35.8 Å². The Bertz CT molecular complexity index is 1620. The van der Waals surface area contributed by atoms with Gasteiger partial charge in [0.2, 0.25) is 0 Å². The molecule has 1 amide bonds. The summed E-state index contributed by atoms with van der Waals surface area (Å²) >= 11 is 0. The number of hydrogen-bond donors (Lipinski definition) is 1. The van der Waals surface area contributed by atoms with Gasteiger partial charge >= 0.3 is 6.09 Å². The number of ether oxygens (including phenoxy) is 1. The molecule has 8 nitrogen and oxygen atoms in total. The van der Waals surface area contributed by atoms with E-state index in [1.807, 2.05) is 0 Å². The van der Waals surface area contributed by atoms with Crippen LogP contribution in [0, 0.1) is 17.8 Å². The van der Waals surface area contributed by atoms with Crippen LogP contribution in [0.25, 0.3) is 11.0 Å². The zero-order valence-electron chi connectivity index (χ0n) is 29.2. The average Bonchev–Trinajstić information content (AvgIpc) is 3.70. The van der Waals surface area contributed by atoms with Crippen LogP contribution in [-0.4, -0.2) is 74.9 Å². The predicted molar refractivity (Wildman–Crippen MR) is 193 cm³/mol. The standard InChI is InChI=1S/C39H51N3O5Si/c1-39(2,3)48(31-12-8-6-9-13-31,32-14-10-7-11-15-32)46-27-30-24-29(30)26-45-36-19-17-33-35(40-47-37(33)34(36)25-41(4)5)18-16-28-20-22-42(23-21-28)38(43)44/h6-15,17,19,28-30H,16,18,20-27H2,1-5H3,(H,43,44). The van der Waals surface area contributed by atoms with Crippen molar-refractivity contribution in [2.24, 2.45) is 17.8 Å². The van der Waals surface area contributed by atoms with E-state index >= 15 is 0 Å². The Balaban J connectivity index is 1.11. The van der Waals surface area contributed by atoms with Crippen LogP contribution in [0.5, 0.6) is 5.75 Å². The molecule has 2 unspecified atom stereocenters. The van der Waals surface area contributed by atoms with E-state index in [1.54, 1.807) is 0 Å². The number of carboxylic acid groups (broad SMARTS) is 1. The maximum absolute atomic E-state index is 11.3. The van der Waals surface area contributed by atoms with E-state index in [0.717, 1.165) is 66.7 Å². The first-order valence-electron chi connectivity index (χ1n) is 17.5. The quantitative estimate of drug-likeness (QED) is 0.157. The van der Waals surface area contributed by atoms with Gasteiger partial charge in [0.1, 0.15) is 5.75 Å². The van der Waals surface area contributed by atoms with Crippen molar-refractivity contribution in [1.29, 1.82) is 0 Å². The van der Waals surface area contributed by atoms with Crippen LogP contribution in [0.15, 0.2) is 77.3 Å². The van der Waals surface area contributed by atoms with Crippen molar-refractivity contribution in [2.45, 2.75) is 64.5 Å². The Morgan fingerprint density at radius 3 is 2.17 bits per heavy atom. The van der Waals surface area contributed by atoms with Crippen molar-refractivity contribution in [1.82, 2.24) is 15.0 Å². The summed E-state index contributed by atoms with van der Waals surface area (Å²) in [7, 11) is 1.55. The minimum Gasteiger partial charge on any atom is -0.493 e. The summed E-state index contributed by atoms with van der Waals surface area (Å²) < 4.78 is 19.8. The Hall–Kier alpha value is -3.66. The second kappa shape index (κ2) is 14.4. The fourth-order valence-electron chi connectivity index (χ4n) is 7.54. The number of hydrogen-bond acceptors (Lipinski definition) is 6. The van der Waals surface area contributed by atoms with Gasteiger partial charge in [-0.25, -0.2) is 4.79 Å². The molecule has 48 heavy (non-hydrogen) atoms. The summed E-state index contributed by atoms with van der Waals surface area (Å²) in [6, 6.07) is 25.9. The molecule has 3 aromatic carbocycles. The molecule has 1 aliphatic carbocycles. The monoisotopic (exact) mass is 669 g/mol. The van der Waals surface area contributed by atoms with E-state index in [2.05, 4.69) is 118 Å². The number of rotatable bonds is 13. The normalized spacial score (nSPS) is 18.8. The fourth-order valence-corrected chi connectivity index (χ4v) is 12.2. The summed E-state index contributed by atoms with van der Waals surface area (Å²) in [5.41, 5.74) is 2.81. The smallest absolute Gasteiger partial charge is 0.407 e. The van der Waals surface area contributed by atoms with Gasteiger partial charge in [-0.3, -0.25) is 0 Å². The van der Waals surface area contributed by atoms with E-state index in [4.69, 9.17) is 13.7 Å². The summed E-state index contributed by atoms with van der Waals surface area (Å²) in [5, 5.41) is 17.4. The first-order valence-corrected chi connectivity index (χ1v) is 19.4. The van der Waals surface area contributed by atoms with Crippen molar-refractivity contribution in [2.75, 3.05) is 40.4 Å². The molecule has 2 aliphatic rings.